The molecule has 2 aromatic rings. The highest BCUT2D eigenvalue weighted by Crippen LogP contribution is 2.23. The summed E-state index contributed by atoms with van der Waals surface area (Å²) in [6, 6.07) is 7.87. The molecule has 24 heavy (non-hydrogen) atoms. The first-order valence-electron chi connectivity index (χ1n) is 7.81. The van der Waals surface area contributed by atoms with Crippen molar-refractivity contribution in [3.05, 3.63) is 51.6 Å². The standard InChI is InChI=1S/C17H17FIN3O2/c18-11-9-20-17(21-10-11)24-13-7-5-12(6-8-13)22-16(23)14-3-1-2-4-15(14)19/h1-4,9-10,12-13H,5-8H2,(H,22,23). The summed E-state index contributed by atoms with van der Waals surface area (Å²) in [4.78, 5) is 20.0. The van der Waals surface area contributed by atoms with Gasteiger partial charge in [-0.15, -0.1) is 0 Å². The monoisotopic (exact) mass is 441 g/mol. The van der Waals surface area contributed by atoms with Gasteiger partial charge in [-0.25, -0.2) is 14.4 Å². The first kappa shape index (κ1) is 17.1. The number of aromatic nitrogens is 2. The van der Waals surface area contributed by atoms with E-state index >= 15 is 0 Å². The maximum Gasteiger partial charge on any atom is 0.316 e. The largest absolute Gasteiger partial charge is 0.460 e. The summed E-state index contributed by atoms with van der Waals surface area (Å²) in [5.41, 5.74) is 0.705. The van der Waals surface area contributed by atoms with E-state index in [9.17, 15) is 9.18 Å². The molecule has 0 bridgehead atoms. The molecule has 1 fully saturated rings. The second-order valence-electron chi connectivity index (χ2n) is 5.73. The third kappa shape index (κ3) is 4.40. The molecule has 7 heteroatoms. The van der Waals surface area contributed by atoms with E-state index in [1.165, 1.54) is 0 Å². The predicted octanol–water partition coefficient (Wildman–Crippen LogP) is 3.34. The van der Waals surface area contributed by atoms with Crippen LogP contribution in [0.5, 0.6) is 6.01 Å². The van der Waals surface area contributed by atoms with Crippen LogP contribution in [0.3, 0.4) is 0 Å². The van der Waals surface area contributed by atoms with Gasteiger partial charge in [0.05, 0.1) is 18.0 Å². The van der Waals surface area contributed by atoms with Gasteiger partial charge < -0.3 is 10.1 Å². The predicted molar refractivity (Wildman–Crippen MR) is 95.3 cm³/mol. The number of nitrogens with zero attached hydrogens (tertiary/aromatic N) is 2. The van der Waals surface area contributed by atoms with E-state index in [1.54, 1.807) is 0 Å². The number of ether oxygens (including phenoxy) is 1. The lowest BCUT2D eigenvalue weighted by Gasteiger charge is -2.28. The van der Waals surface area contributed by atoms with Gasteiger partial charge in [0, 0.05) is 9.61 Å². The summed E-state index contributed by atoms with van der Waals surface area (Å²) >= 11 is 2.17. The Morgan fingerprint density at radius 1 is 1.17 bits per heavy atom. The molecule has 0 spiro atoms. The van der Waals surface area contributed by atoms with E-state index in [4.69, 9.17) is 4.74 Å². The maximum absolute atomic E-state index is 12.8. The Morgan fingerprint density at radius 3 is 2.50 bits per heavy atom. The molecular weight excluding hydrogens is 424 g/mol. The van der Waals surface area contributed by atoms with Crippen molar-refractivity contribution in [2.24, 2.45) is 0 Å². The average Bonchev–Trinajstić information content (AvgIpc) is 2.59. The normalized spacial score (nSPS) is 20.4. The Kier molecular flexibility index (Phi) is 5.60. The second-order valence-corrected chi connectivity index (χ2v) is 6.89. The van der Waals surface area contributed by atoms with Crippen molar-refractivity contribution in [2.75, 3.05) is 0 Å². The lowest BCUT2D eigenvalue weighted by molar-refractivity contribution is 0.0884. The van der Waals surface area contributed by atoms with Crippen LogP contribution < -0.4 is 10.1 Å². The van der Waals surface area contributed by atoms with Crippen LogP contribution in [0.15, 0.2) is 36.7 Å². The summed E-state index contributed by atoms with van der Waals surface area (Å²) in [5.74, 6) is -0.518. The lowest BCUT2D eigenvalue weighted by Crippen LogP contribution is -2.40. The minimum Gasteiger partial charge on any atom is -0.460 e. The number of amides is 1. The average molecular weight is 441 g/mol. The smallest absolute Gasteiger partial charge is 0.316 e. The van der Waals surface area contributed by atoms with E-state index in [0.717, 1.165) is 41.6 Å². The van der Waals surface area contributed by atoms with Crippen molar-refractivity contribution in [1.29, 1.82) is 0 Å². The van der Waals surface area contributed by atoms with Gasteiger partial charge >= 0.3 is 6.01 Å². The molecule has 1 amide bonds. The molecule has 0 atom stereocenters. The third-order valence-corrected chi connectivity index (χ3v) is 4.94. The van der Waals surface area contributed by atoms with Crippen LogP contribution in [-0.4, -0.2) is 28.0 Å². The highest BCUT2D eigenvalue weighted by molar-refractivity contribution is 14.1. The van der Waals surface area contributed by atoms with Gasteiger partial charge in [-0.2, -0.15) is 0 Å². The summed E-state index contributed by atoms with van der Waals surface area (Å²) < 4.78 is 19.4. The van der Waals surface area contributed by atoms with Crippen LogP contribution >= 0.6 is 22.6 Å². The number of hydrogen-bond donors (Lipinski definition) is 1. The van der Waals surface area contributed by atoms with Gasteiger partial charge in [0.15, 0.2) is 5.82 Å². The molecule has 1 aromatic carbocycles. The van der Waals surface area contributed by atoms with Crippen LogP contribution in [0.4, 0.5) is 4.39 Å². The van der Waals surface area contributed by atoms with Crippen LogP contribution in [0.1, 0.15) is 36.0 Å². The van der Waals surface area contributed by atoms with Crippen molar-refractivity contribution in [3.63, 3.8) is 0 Å². The maximum atomic E-state index is 12.8. The summed E-state index contributed by atoms with van der Waals surface area (Å²) in [5, 5.41) is 3.09. The Labute approximate surface area is 153 Å². The minimum atomic E-state index is -0.482. The first-order chi connectivity index (χ1) is 11.6. The van der Waals surface area contributed by atoms with Gasteiger partial charge in [-0.1, -0.05) is 12.1 Å². The Bertz CT molecular complexity index is 703. The first-order valence-corrected chi connectivity index (χ1v) is 8.89. The number of hydrogen-bond acceptors (Lipinski definition) is 4. The Balaban J connectivity index is 1.49. The van der Waals surface area contributed by atoms with E-state index in [1.807, 2.05) is 24.3 Å². The van der Waals surface area contributed by atoms with E-state index in [2.05, 4.69) is 37.9 Å². The quantitative estimate of drug-likeness (QED) is 0.740. The van der Waals surface area contributed by atoms with E-state index in [0.29, 0.717) is 5.56 Å². The van der Waals surface area contributed by atoms with Gasteiger partial charge in [0.1, 0.15) is 6.10 Å². The zero-order valence-corrected chi connectivity index (χ0v) is 15.1. The molecule has 1 N–H and O–H groups in total. The fraction of sp³-hybridized carbons (Fsp3) is 0.353. The number of carbonyl (C=O) groups excluding carboxylic acids is 1. The zero-order chi connectivity index (χ0) is 16.9. The van der Waals surface area contributed by atoms with Crippen LogP contribution in [0, 0.1) is 9.39 Å². The number of halogens is 2. The van der Waals surface area contributed by atoms with Crippen LogP contribution in [-0.2, 0) is 0 Å². The molecular formula is C17H17FIN3O2. The molecule has 1 aromatic heterocycles. The summed E-state index contributed by atoms with van der Waals surface area (Å²) in [6.07, 6.45) is 5.46. The van der Waals surface area contributed by atoms with Crippen molar-refractivity contribution in [3.8, 4) is 6.01 Å². The molecule has 0 saturated heterocycles. The molecule has 3 rings (SSSR count). The topological polar surface area (TPSA) is 64.1 Å². The Hall–Kier alpha value is -1.77. The van der Waals surface area contributed by atoms with Gasteiger partial charge in [-0.3, -0.25) is 4.79 Å². The SMILES string of the molecule is O=C(NC1CCC(Oc2ncc(F)cn2)CC1)c1ccccc1I. The highest BCUT2D eigenvalue weighted by Gasteiger charge is 2.25. The number of carbonyl (C=O) groups is 1. The minimum absolute atomic E-state index is 0.000439. The third-order valence-electron chi connectivity index (χ3n) is 4.00. The van der Waals surface area contributed by atoms with Crippen molar-refractivity contribution >= 4 is 28.5 Å². The van der Waals surface area contributed by atoms with Crippen LogP contribution in [0.2, 0.25) is 0 Å². The fourth-order valence-corrected chi connectivity index (χ4v) is 3.38. The van der Waals surface area contributed by atoms with Crippen molar-refractivity contribution < 1.29 is 13.9 Å². The van der Waals surface area contributed by atoms with Crippen molar-refractivity contribution in [1.82, 2.24) is 15.3 Å². The van der Waals surface area contributed by atoms with Gasteiger partial charge in [0.2, 0.25) is 0 Å². The Morgan fingerprint density at radius 2 is 1.83 bits per heavy atom. The highest BCUT2D eigenvalue weighted by atomic mass is 127. The summed E-state index contributed by atoms with van der Waals surface area (Å²) in [6.45, 7) is 0. The molecule has 1 heterocycles. The number of rotatable bonds is 4. The molecule has 126 valence electrons. The molecule has 1 saturated carbocycles. The molecule has 0 unspecified atom stereocenters. The second kappa shape index (κ2) is 7.87. The molecule has 5 nitrogen and oxygen atoms in total. The van der Waals surface area contributed by atoms with Crippen LogP contribution in [0.25, 0.3) is 0 Å². The van der Waals surface area contributed by atoms with E-state index < -0.39 is 5.82 Å². The van der Waals surface area contributed by atoms with E-state index in [-0.39, 0.29) is 24.1 Å². The van der Waals surface area contributed by atoms with Crippen molar-refractivity contribution in [2.45, 2.75) is 37.8 Å². The molecule has 0 aliphatic heterocycles. The number of benzene rings is 1. The molecule has 0 radical (unpaired) electrons. The number of nitrogens with one attached hydrogen (secondary N) is 1. The van der Waals surface area contributed by atoms with Gasteiger partial charge in [0.25, 0.3) is 5.91 Å². The fourth-order valence-electron chi connectivity index (χ4n) is 2.74. The van der Waals surface area contributed by atoms with Gasteiger partial charge in [-0.05, 0) is 60.4 Å². The molecule has 1 aliphatic carbocycles. The summed E-state index contributed by atoms with van der Waals surface area (Å²) in [7, 11) is 0. The lowest BCUT2D eigenvalue weighted by atomic mass is 9.92. The zero-order valence-electron chi connectivity index (χ0n) is 12.9. The molecule has 1 aliphatic rings.